The zero-order valence-corrected chi connectivity index (χ0v) is 11.3. The molecule has 3 heteroatoms. The van der Waals surface area contributed by atoms with Gasteiger partial charge in [0.15, 0.2) is 0 Å². The SMILES string of the molecule is CNCCC(=O)N1CCC[C@@H]1c1ccccc1C. The minimum Gasteiger partial charge on any atom is -0.336 e. The van der Waals surface area contributed by atoms with E-state index in [1.165, 1.54) is 11.1 Å². The number of hydrogen-bond donors (Lipinski definition) is 1. The molecule has 1 aromatic rings. The second-order valence-electron chi connectivity index (χ2n) is 4.96. The summed E-state index contributed by atoms with van der Waals surface area (Å²) >= 11 is 0. The molecule has 0 aliphatic carbocycles. The van der Waals surface area contributed by atoms with Gasteiger partial charge in [-0.2, -0.15) is 0 Å². The molecule has 1 atom stereocenters. The topological polar surface area (TPSA) is 32.3 Å². The zero-order valence-electron chi connectivity index (χ0n) is 11.3. The third kappa shape index (κ3) is 2.72. The summed E-state index contributed by atoms with van der Waals surface area (Å²) in [7, 11) is 1.89. The van der Waals surface area contributed by atoms with Crippen molar-refractivity contribution in [2.75, 3.05) is 20.1 Å². The lowest BCUT2D eigenvalue weighted by Crippen LogP contribution is -2.32. The Hall–Kier alpha value is -1.35. The highest BCUT2D eigenvalue weighted by Crippen LogP contribution is 2.33. The number of carbonyl (C=O) groups is 1. The van der Waals surface area contributed by atoms with E-state index in [1.54, 1.807) is 0 Å². The first-order chi connectivity index (χ1) is 8.74. The smallest absolute Gasteiger partial charge is 0.224 e. The Balaban J connectivity index is 2.12. The molecule has 1 aliphatic rings. The average molecular weight is 246 g/mol. The van der Waals surface area contributed by atoms with Gasteiger partial charge in [-0.3, -0.25) is 4.79 Å². The number of nitrogens with one attached hydrogen (secondary N) is 1. The Morgan fingerprint density at radius 1 is 1.44 bits per heavy atom. The molecule has 1 amide bonds. The number of nitrogens with zero attached hydrogens (tertiary/aromatic N) is 1. The summed E-state index contributed by atoms with van der Waals surface area (Å²) < 4.78 is 0. The molecule has 1 aromatic carbocycles. The Bertz CT molecular complexity index is 417. The first kappa shape index (κ1) is 13.1. The normalized spacial score (nSPS) is 19.2. The van der Waals surface area contributed by atoms with Crippen LogP contribution in [0.4, 0.5) is 0 Å². The highest BCUT2D eigenvalue weighted by molar-refractivity contribution is 5.77. The summed E-state index contributed by atoms with van der Waals surface area (Å²) in [5.41, 5.74) is 2.60. The number of benzene rings is 1. The molecule has 0 aromatic heterocycles. The van der Waals surface area contributed by atoms with Gasteiger partial charge in [0.1, 0.15) is 0 Å². The lowest BCUT2D eigenvalue weighted by Gasteiger charge is -2.26. The van der Waals surface area contributed by atoms with Crippen LogP contribution < -0.4 is 5.32 Å². The molecule has 3 nitrogen and oxygen atoms in total. The Kier molecular flexibility index (Phi) is 4.37. The number of rotatable bonds is 4. The standard InChI is InChI=1S/C15H22N2O/c1-12-6-3-4-7-13(12)14-8-5-11-17(14)15(18)9-10-16-2/h3-4,6-7,14,16H,5,8-11H2,1-2H3/t14-/m1/s1. The van der Waals surface area contributed by atoms with E-state index >= 15 is 0 Å². The van der Waals surface area contributed by atoms with Gasteiger partial charge in [0.05, 0.1) is 6.04 Å². The van der Waals surface area contributed by atoms with E-state index in [9.17, 15) is 4.79 Å². The second-order valence-corrected chi connectivity index (χ2v) is 4.96. The van der Waals surface area contributed by atoms with Crippen LogP contribution in [0, 0.1) is 6.92 Å². The largest absolute Gasteiger partial charge is 0.336 e. The third-order valence-corrected chi connectivity index (χ3v) is 3.71. The average Bonchev–Trinajstić information content (AvgIpc) is 2.85. The molecule has 1 N–H and O–H groups in total. The van der Waals surface area contributed by atoms with Gasteiger partial charge < -0.3 is 10.2 Å². The maximum Gasteiger partial charge on any atom is 0.224 e. The van der Waals surface area contributed by atoms with Crippen LogP contribution >= 0.6 is 0 Å². The monoisotopic (exact) mass is 246 g/mol. The molecule has 98 valence electrons. The van der Waals surface area contributed by atoms with Crippen LogP contribution in [0.3, 0.4) is 0 Å². The van der Waals surface area contributed by atoms with Gasteiger partial charge in [-0.15, -0.1) is 0 Å². The van der Waals surface area contributed by atoms with E-state index in [0.717, 1.165) is 25.9 Å². The number of amides is 1. The maximum atomic E-state index is 12.2. The summed E-state index contributed by atoms with van der Waals surface area (Å²) in [4.78, 5) is 14.2. The number of aryl methyl sites for hydroxylation is 1. The molecule has 0 bridgehead atoms. The fourth-order valence-electron chi connectivity index (χ4n) is 2.72. The third-order valence-electron chi connectivity index (χ3n) is 3.71. The van der Waals surface area contributed by atoms with Crippen molar-refractivity contribution in [2.24, 2.45) is 0 Å². The number of likely N-dealkylation sites (tertiary alicyclic amines) is 1. The summed E-state index contributed by atoms with van der Waals surface area (Å²) in [5, 5.41) is 3.04. The van der Waals surface area contributed by atoms with Crippen LogP contribution in [0.1, 0.15) is 36.4 Å². The van der Waals surface area contributed by atoms with Crippen molar-refractivity contribution < 1.29 is 4.79 Å². The van der Waals surface area contributed by atoms with Crippen molar-refractivity contribution in [3.05, 3.63) is 35.4 Å². The molecule has 2 rings (SSSR count). The first-order valence-corrected chi connectivity index (χ1v) is 6.73. The molecule has 18 heavy (non-hydrogen) atoms. The second kappa shape index (κ2) is 6.01. The predicted molar refractivity (Wildman–Crippen MR) is 73.4 cm³/mol. The van der Waals surface area contributed by atoms with Gasteiger partial charge in [-0.05, 0) is 37.9 Å². The molecule has 1 fully saturated rings. The molecule has 0 unspecified atom stereocenters. The van der Waals surface area contributed by atoms with Crippen molar-refractivity contribution in [1.29, 1.82) is 0 Å². The summed E-state index contributed by atoms with van der Waals surface area (Å²) in [6, 6.07) is 8.70. The zero-order chi connectivity index (χ0) is 13.0. The predicted octanol–water partition coefficient (Wildman–Crippen LogP) is 2.27. The highest BCUT2D eigenvalue weighted by atomic mass is 16.2. The van der Waals surface area contributed by atoms with Gasteiger partial charge in [0.2, 0.25) is 5.91 Å². The van der Waals surface area contributed by atoms with Crippen molar-refractivity contribution in [2.45, 2.75) is 32.2 Å². The van der Waals surface area contributed by atoms with Gasteiger partial charge in [-0.25, -0.2) is 0 Å². The van der Waals surface area contributed by atoms with Gasteiger partial charge in [0.25, 0.3) is 0 Å². The molecule has 0 spiro atoms. The molecule has 0 saturated carbocycles. The molecule has 1 heterocycles. The van der Waals surface area contributed by atoms with Crippen molar-refractivity contribution >= 4 is 5.91 Å². The maximum absolute atomic E-state index is 12.2. The van der Waals surface area contributed by atoms with Crippen LogP contribution in [-0.4, -0.2) is 30.9 Å². The number of carbonyl (C=O) groups excluding carboxylic acids is 1. The summed E-state index contributed by atoms with van der Waals surface area (Å²) in [6.45, 7) is 3.79. The fourth-order valence-corrected chi connectivity index (χ4v) is 2.72. The van der Waals surface area contributed by atoms with Crippen LogP contribution in [0.15, 0.2) is 24.3 Å². The first-order valence-electron chi connectivity index (χ1n) is 6.73. The summed E-state index contributed by atoms with van der Waals surface area (Å²) in [6.07, 6.45) is 2.80. The van der Waals surface area contributed by atoms with Gasteiger partial charge >= 0.3 is 0 Å². The highest BCUT2D eigenvalue weighted by Gasteiger charge is 2.29. The minimum atomic E-state index is 0.273. The van der Waals surface area contributed by atoms with Crippen LogP contribution in [0.2, 0.25) is 0 Å². The lowest BCUT2D eigenvalue weighted by atomic mass is 9.99. The minimum absolute atomic E-state index is 0.273. The fraction of sp³-hybridized carbons (Fsp3) is 0.533. The van der Waals surface area contributed by atoms with E-state index in [0.29, 0.717) is 6.42 Å². The Labute approximate surface area is 109 Å². The van der Waals surface area contributed by atoms with Crippen LogP contribution in [-0.2, 0) is 4.79 Å². The van der Waals surface area contributed by atoms with E-state index in [1.807, 2.05) is 7.05 Å². The molecule has 0 radical (unpaired) electrons. The Morgan fingerprint density at radius 3 is 2.94 bits per heavy atom. The molecule has 1 aliphatic heterocycles. The Morgan fingerprint density at radius 2 is 2.22 bits per heavy atom. The van der Waals surface area contributed by atoms with Gasteiger partial charge in [0, 0.05) is 19.5 Å². The summed E-state index contributed by atoms with van der Waals surface area (Å²) in [5.74, 6) is 0.273. The molecule has 1 saturated heterocycles. The van der Waals surface area contributed by atoms with E-state index in [-0.39, 0.29) is 11.9 Å². The van der Waals surface area contributed by atoms with E-state index < -0.39 is 0 Å². The molecular weight excluding hydrogens is 224 g/mol. The number of hydrogen-bond acceptors (Lipinski definition) is 2. The lowest BCUT2D eigenvalue weighted by molar-refractivity contribution is -0.132. The van der Waals surface area contributed by atoms with Crippen molar-refractivity contribution in [1.82, 2.24) is 10.2 Å². The molecular formula is C15H22N2O. The van der Waals surface area contributed by atoms with E-state index in [4.69, 9.17) is 0 Å². The van der Waals surface area contributed by atoms with E-state index in [2.05, 4.69) is 41.4 Å². The quantitative estimate of drug-likeness (QED) is 0.884. The van der Waals surface area contributed by atoms with Gasteiger partial charge in [-0.1, -0.05) is 24.3 Å². The van der Waals surface area contributed by atoms with Crippen molar-refractivity contribution in [3.63, 3.8) is 0 Å². The van der Waals surface area contributed by atoms with Crippen molar-refractivity contribution in [3.8, 4) is 0 Å². The van der Waals surface area contributed by atoms with Crippen LogP contribution in [0.25, 0.3) is 0 Å². The van der Waals surface area contributed by atoms with Crippen LogP contribution in [0.5, 0.6) is 0 Å².